The first kappa shape index (κ1) is 12.1. The quantitative estimate of drug-likeness (QED) is 0.558. The molecular formula is C13H10N2O2S2. The van der Waals surface area contributed by atoms with E-state index in [1.54, 1.807) is 0 Å². The van der Waals surface area contributed by atoms with Gasteiger partial charge in [0.1, 0.15) is 4.88 Å². The van der Waals surface area contributed by atoms with Crippen LogP contribution in [0.4, 0.5) is 0 Å². The van der Waals surface area contributed by atoms with E-state index in [4.69, 9.17) is 17.0 Å². The van der Waals surface area contributed by atoms with Gasteiger partial charge in [-0.05, 0) is 17.8 Å². The van der Waals surface area contributed by atoms with E-state index >= 15 is 0 Å². The van der Waals surface area contributed by atoms with Gasteiger partial charge in [-0.2, -0.15) is 0 Å². The number of aromatic nitrogens is 2. The highest BCUT2D eigenvalue weighted by atomic mass is 32.1. The molecule has 2 heterocycles. The number of ether oxygens (including phenoxy) is 1. The maximum absolute atomic E-state index is 11.8. The maximum atomic E-state index is 11.8. The van der Waals surface area contributed by atoms with Gasteiger partial charge in [0, 0.05) is 0 Å². The van der Waals surface area contributed by atoms with Crippen molar-refractivity contribution >= 4 is 40.6 Å². The van der Waals surface area contributed by atoms with Crippen LogP contribution in [-0.4, -0.2) is 23.0 Å². The molecule has 0 amide bonds. The second kappa shape index (κ2) is 4.64. The summed E-state index contributed by atoms with van der Waals surface area (Å²) < 4.78 is 5.31. The Morgan fingerprint density at radius 3 is 2.58 bits per heavy atom. The molecule has 96 valence electrons. The molecule has 0 spiro atoms. The molecule has 19 heavy (non-hydrogen) atoms. The highest BCUT2D eigenvalue weighted by molar-refractivity contribution is 7.71. The second-order valence-electron chi connectivity index (χ2n) is 3.95. The first-order valence-electron chi connectivity index (χ1n) is 5.59. The number of imidazole rings is 1. The van der Waals surface area contributed by atoms with Gasteiger partial charge in [0.05, 0.1) is 23.0 Å². The normalized spacial score (nSPS) is 10.8. The molecule has 2 N–H and O–H groups in total. The number of methoxy groups -OCH3 is 1. The Morgan fingerprint density at radius 1 is 1.21 bits per heavy atom. The topological polar surface area (TPSA) is 57.9 Å². The summed E-state index contributed by atoms with van der Waals surface area (Å²) in [6.07, 6.45) is 0. The number of aromatic amines is 2. The van der Waals surface area contributed by atoms with Gasteiger partial charge in [-0.3, -0.25) is 0 Å². The molecule has 0 saturated heterocycles. The highest BCUT2D eigenvalue weighted by Crippen LogP contribution is 2.37. The Kier molecular flexibility index (Phi) is 2.96. The average Bonchev–Trinajstić information content (AvgIpc) is 2.96. The molecule has 0 bridgehead atoms. The molecule has 0 aliphatic heterocycles. The number of thiophene rings is 1. The van der Waals surface area contributed by atoms with E-state index in [1.165, 1.54) is 18.4 Å². The van der Waals surface area contributed by atoms with Gasteiger partial charge in [-0.1, -0.05) is 30.3 Å². The minimum absolute atomic E-state index is 0.359. The number of carbonyl (C=O) groups excluding carboxylic acids is 1. The highest BCUT2D eigenvalue weighted by Gasteiger charge is 2.20. The Morgan fingerprint density at radius 2 is 1.89 bits per heavy atom. The van der Waals surface area contributed by atoms with Crippen LogP contribution in [0.5, 0.6) is 0 Å². The molecule has 0 radical (unpaired) electrons. The van der Waals surface area contributed by atoms with Crippen LogP contribution in [-0.2, 0) is 4.74 Å². The third-order valence-electron chi connectivity index (χ3n) is 2.79. The summed E-state index contributed by atoms with van der Waals surface area (Å²) >= 11 is 6.49. The fraction of sp³-hybridized carbons (Fsp3) is 0.0769. The van der Waals surface area contributed by atoms with Gasteiger partial charge in [0.15, 0.2) is 4.77 Å². The molecule has 1 aromatic carbocycles. The molecule has 0 unspecified atom stereocenters. The molecule has 3 aromatic rings. The maximum Gasteiger partial charge on any atom is 0.350 e. The van der Waals surface area contributed by atoms with Crippen molar-refractivity contribution in [3.05, 3.63) is 40.0 Å². The fourth-order valence-electron chi connectivity index (χ4n) is 1.96. The fourth-order valence-corrected chi connectivity index (χ4v) is 3.30. The van der Waals surface area contributed by atoms with Gasteiger partial charge in [0.2, 0.25) is 0 Å². The van der Waals surface area contributed by atoms with Gasteiger partial charge >= 0.3 is 5.97 Å². The molecule has 4 nitrogen and oxygen atoms in total. The summed E-state index contributed by atoms with van der Waals surface area (Å²) in [7, 11) is 1.37. The van der Waals surface area contributed by atoms with Crippen molar-refractivity contribution in [2.24, 2.45) is 0 Å². The van der Waals surface area contributed by atoms with Crippen LogP contribution in [0.2, 0.25) is 0 Å². The van der Waals surface area contributed by atoms with Crippen LogP contribution in [0.15, 0.2) is 30.3 Å². The lowest BCUT2D eigenvalue weighted by atomic mass is 10.2. The van der Waals surface area contributed by atoms with E-state index in [9.17, 15) is 4.79 Å². The predicted molar refractivity (Wildman–Crippen MR) is 78.1 cm³/mol. The van der Waals surface area contributed by atoms with Crippen LogP contribution in [0, 0.1) is 4.77 Å². The summed E-state index contributed by atoms with van der Waals surface area (Å²) in [5.41, 5.74) is 2.60. The average molecular weight is 290 g/mol. The molecule has 3 rings (SSSR count). The van der Waals surface area contributed by atoms with Crippen molar-refractivity contribution < 1.29 is 9.53 Å². The van der Waals surface area contributed by atoms with Crippen LogP contribution in [0.25, 0.3) is 21.5 Å². The van der Waals surface area contributed by atoms with Crippen LogP contribution >= 0.6 is 23.6 Å². The smallest absolute Gasteiger partial charge is 0.350 e. The summed E-state index contributed by atoms with van der Waals surface area (Å²) in [5, 5.41) is 0. The van der Waals surface area contributed by atoms with Crippen LogP contribution in [0.1, 0.15) is 9.67 Å². The van der Waals surface area contributed by atoms with Crippen molar-refractivity contribution in [3.63, 3.8) is 0 Å². The number of benzene rings is 1. The van der Waals surface area contributed by atoms with E-state index in [0.717, 1.165) is 16.0 Å². The third kappa shape index (κ3) is 1.98. The molecule has 0 fully saturated rings. The van der Waals surface area contributed by atoms with E-state index in [0.29, 0.717) is 15.2 Å². The van der Waals surface area contributed by atoms with E-state index in [2.05, 4.69) is 9.97 Å². The first-order chi connectivity index (χ1) is 9.20. The summed E-state index contributed by atoms with van der Waals surface area (Å²) in [4.78, 5) is 19.4. The molecule has 6 heteroatoms. The molecule has 0 aliphatic rings. The van der Waals surface area contributed by atoms with Crippen molar-refractivity contribution in [2.45, 2.75) is 0 Å². The largest absolute Gasteiger partial charge is 0.465 e. The van der Waals surface area contributed by atoms with Crippen LogP contribution < -0.4 is 0 Å². The number of fused-ring (bicyclic) bond motifs is 1. The zero-order chi connectivity index (χ0) is 13.4. The monoisotopic (exact) mass is 290 g/mol. The Bertz CT molecular complexity index is 799. The standard InChI is InChI=1S/C13H10N2O2S2/c1-17-12(16)11-9-8(14-13(18)15-9)10(19-11)7-5-3-2-4-6-7/h2-6H,1H3,(H2,14,15,18). The number of H-pyrrole nitrogens is 2. The van der Waals surface area contributed by atoms with E-state index in [1.807, 2.05) is 30.3 Å². The lowest BCUT2D eigenvalue weighted by Crippen LogP contribution is -1.98. The predicted octanol–water partition coefficient (Wildman–Crippen LogP) is 3.74. The van der Waals surface area contributed by atoms with Gasteiger partial charge in [0.25, 0.3) is 0 Å². The lowest BCUT2D eigenvalue weighted by molar-refractivity contribution is 0.0608. The third-order valence-corrected chi connectivity index (χ3v) is 4.22. The molecule has 2 aromatic heterocycles. The minimum atomic E-state index is -0.359. The van der Waals surface area contributed by atoms with Crippen molar-refractivity contribution in [1.29, 1.82) is 0 Å². The Balaban J connectivity index is 2.31. The number of hydrogen-bond donors (Lipinski definition) is 2. The van der Waals surface area contributed by atoms with E-state index in [-0.39, 0.29) is 5.97 Å². The SMILES string of the molecule is COC(=O)c1sc(-c2ccccc2)c2[nH]c(=S)[nH]c12. The zero-order valence-corrected chi connectivity index (χ0v) is 11.7. The Hall–Kier alpha value is -1.92. The summed E-state index contributed by atoms with van der Waals surface area (Å²) in [6.45, 7) is 0. The first-order valence-corrected chi connectivity index (χ1v) is 6.81. The Labute approximate surface area is 118 Å². The van der Waals surface area contributed by atoms with Gasteiger partial charge in [-0.15, -0.1) is 11.3 Å². The molecular weight excluding hydrogens is 280 g/mol. The van der Waals surface area contributed by atoms with Crippen molar-refractivity contribution in [1.82, 2.24) is 9.97 Å². The zero-order valence-electron chi connectivity index (χ0n) is 10.0. The van der Waals surface area contributed by atoms with Crippen molar-refractivity contribution in [3.8, 4) is 10.4 Å². The summed E-state index contributed by atoms with van der Waals surface area (Å²) in [6, 6.07) is 9.86. The number of rotatable bonds is 2. The minimum Gasteiger partial charge on any atom is -0.465 e. The number of hydrogen-bond acceptors (Lipinski definition) is 4. The lowest BCUT2D eigenvalue weighted by Gasteiger charge is -1.96. The number of carbonyl (C=O) groups is 1. The second-order valence-corrected chi connectivity index (χ2v) is 5.38. The number of nitrogens with one attached hydrogen (secondary N) is 2. The summed E-state index contributed by atoms with van der Waals surface area (Å²) in [5.74, 6) is -0.359. The van der Waals surface area contributed by atoms with Gasteiger partial charge in [-0.25, -0.2) is 4.79 Å². The number of esters is 1. The molecule has 0 atom stereocenters. The van der Waals surface area contributed by atoms with Gasteiger partial charge < -0.3 is 14.7 Å². The van der Waals surface area contributed by atoms with E-state index < -0.39 is 0 Å². The van der Waals surface area contributed by atoms with Crippen LogP contribution in [0.3, 0.4) is 0 Å². The molecule has 0 aliphatic carbocycles. The van der Waals surface area contributed by atoms with Crippen molar-refractivity contribution in [2.75, 3.05) is 7.11 Å². The molecule has 0 saturated carbocycles.